The molecule has 4 rings (SSSR count). The molecule has 2 amide bonds. The van der Waals surface area contributed by atoms with E-state index in [9.17, 15) is 9.59 Å². The van der Waals surface area contributed by atoms with Crippen LogP contribution in [0.15, 0.2) is 60.7 Å². The van der Waals surface area contributed by atoms with Crippen molar-refractivity contribution in [3.63, 3.8) is 0 Å². The van der Waals surface area contributed by atoms with Gasteiger partial charge in [0.1, 0.15) is 23.9 Å². The number of hydrogen-bond donors (Lipinski definition) is 1. The molecule has 0 aliphatic carbocycles. The number of carbonyl (C=O) groups is 2. The van der Waals surface area contributed by atoms with Crippen LogP contribution in [-0.4, -0.2) is 38.2 Å². The number of nitrogens with one attached hydrogen (secondary N) is 1. The van der Waals surface area contributed by atoms with Gasteiger partial charge in [-0.2, -0.15) is 0 Å². The lowest BCUT2D eigenvalue weighted by Crippen LogP contribution is -2.41. The molecule has 0 spiro atoms. The van der Waals surface area contributed by atoms with Crippen molar-refractivity contribution < 1.29 is 23.8 Å². The molecule has 0 radical (unpaired) electrons. The molecule has 0 saturated carbocycles. The molecule has 176 valence electrons. The number of amides is 2. The fourth-order valence-corrected chi connectivity index (χ4v) is 3.83. The Morgan fingerprint density at radius 2 is 1.74 bits per heavy atom. The van der Waals surface area contributed by atoms with Gasteiger partial charge in [-0.25, -0.2) is 0 Å². The van der Waals surface area contributed by atoms with E-state index in [-0.39, 0.29) is 25.7 Å². The zero-order valence-corrected chi connectivity index (χ0v) is 20.0. The van der Waals surface area contributed by atoms with Gasteiger partial charge in [-0.3, -0.25) is 9.59 Å². The minimum absolute atomic E-state index is 0.0741. The number of ether oxygens (including phenoxy) is 3. The van der Waals surface area contributed by atoms with Gasteiger partial charge in [-0.15, -0.1) is 0 Å². The van der Waals surface area contributed by atoms with E-state index in [1.807, 2.05) is 0 Å². The second-order valence-corrected chi connectivity index (χ2v) is 8.51. The van der Waals surface area contributed by atoms with Crippen molar-refractivity contribution in [3.8, 4) is 17.2 Å². The lowest BCUT2D eigenvalue weighted by atomic mass is 10.2. The highest BCUT2D eigenvalue weighted by Gasteiger charge is 2.26. The van der Waals surface area contributed by atoms with Gasteiger partial charge in [0.05, 0.1) is 17.3 Å². The summed E-state index contributed by atoms with van der Waals surface area (Å²) in [5, 5.41) is 4.13. The molecule has 7 nitrogen and oxygen atoms in total. The standard InChI is InChI=1S/C24H19Cl3N2O5/c25-15-1-5-18(6-2-15)32-10-9-29-20-12-17(4-8-22(20)34-14-24(29)31)28-23(30)13-33-21-7-3-16(26)11-19(21)27/h1-8,11-12H,9-10,13-14H2,(H,28,30). The molecule has 3 aromatic carbocycles. The summed E-state index contributed by atoms with van der Waals surface area (Å²) in [6.07, 6.45) is 0. The van der Waals surface area contributed by atoms with E-state index in [1.54, 1.807) is 59.5 Å². The van der Waals surface area contributed by atoms with Gasteiger partial charge >= 0.3 is 0 Å². The molecule has 0 fully saturated rings. The van der Waals surface area contributed by atoms with Gasteiger partial charge in [0, 0.05) is 15.7 Å². The molecule has 1 heterocycles. The zero-order valence-electron chi connectivity index (χ0n) is 17.7. The molecule has 34 heavy (non-hydrogen) atoms. The van der Waals surface area contributed by atoms with E-state index < -0.39 is 5.91 Å². The van der Waals surface area contributed by atoms with Crippen molar-refractivity contribution in [3.05, 3.63) is 75.7 Å². The quantitative estimate of drug-likeness (QED) is 0.425. The first-order valence-electron chi connectivity index (χ1n) is 10.2. The maximum Gasteiger partial charge on any atom is 0.265 e. The first-order valence-corrected chi connectivity index (χ1v) is 11.4. The summed E-state index contributed by atoms with van der Waals surface area (Å²) in [5.41, 5.74) is 1.02. The van der Waals surface area contributed by atoms with Crippen LogP contribution in [0, 0.1) is 0 Å². The number of hydrogen-bond acceptors (Lipinski definition) is 5. The molecule has 0 atom stereocenters. The molecular weight excluding hydrogens is 503 g/mol. The van der Waals surface area contributed by atoms with Gasteiger partial charge in [0.25, 0.3) is 11.8 Å². The van der Waals surface area contributed by atoms with Crippen molar-refractivity contribution in [1.29, 1.82) is 0 Å². The van der Waals surface area contributed by atoms with Crippen molar-refractivity contribution in [2.45, 2.75) is 0 Å². The van der Waals surface area contributed by atoms with Crippen LogP contribution < -0.4 is 24.4 Å². The van der Waals surface area contributed by atoms with E-state index in [2.05, 4.69) is 5.32 Å². The van der Waals surface area contributed by atoms with Gasteiger partial charge in [0.2, 0.25) is 0 Å². The molecule has 1 aliphatic rings. The van der Waals surface area contributed by atoms with E-state index >= 15 is 0 Å². The third kappa shape index (κ3) is 6.05. The van der Waals surface area contributed by atoms with Crippen LogP contribution >= 0.6 is 34.8 Å². The monoisotopic (exact) mass is 520 g/mol. The van der Waals surface area contributed by atoms with Crippen LogP contribution in [0.4, 0.5) is 11.4 Å². The van der Waals surface area contributed by atoms with Gasteiger partial charge < -0.3 is 24.4 Å². The second-order valence-electron chi connectivity index (χ2n) is 7.23. The Morgan fingerprint density at radius 1 is 0.971 bits per heavy atom. The summed E-state index contributed by atoms with van der Waals surface area (Å²) in [6.45, 7) is 0.230. The summed E-state index contributed by atoms with van der Waals surface area (Å²) in [5.74, 6) is 0.918. The lowest BCUT2D eigenvalue weighted by Gasteiger charge is -2.29. The fourth-order valence-electron chi connectivity index (χ4n) is 3.24. The van der Waals surface area contributed by atoms with E-state index in [0.717, 1.165) is 0 Å². The highest BCUT2D eigenvalue weighted by atomic mass is 35.5. The Kier molecular flexibility index (Phi) is 7.67. The molecular formula is C24H19Cl3N2O5. The van der Waals surface area contributed by atoms with E-state index in [1.165, 1.54) is 6.07 Å². The van der Waals surface area contributed by atoms with Crippen molar-refractivity contribution in [1.82, 2.24) is 0 Å². The first-order chi connectivity index (χ1) is 16.4. The highest BCUT2D eigenvalue weighted by Crippen LogP contribution is 2.34. The predicted octanol–water partition coefficient (Wildman–Crippen LogP) is 5.47. The molecule has 1 N–H and O–H groups in total. The molecule has 3 aromatic rings. The minimum Gasteiger partial charge on any atom is -0.492 e. The van der Waals surface area contributed by atoms with Crippen LogP contribution in [-0.2, 0) is 9.59 Å². The van der Waals surface area contributed by atoms with Crippen LogP contribution in [0.5, 0.6) is 17.2 Å². The molecule has 10 heteroatoms. The fraction of sp³-hybridized carbons (Fsp3) is 0.167. The number of benzene rings is 3. The van der Waals surface area contributed by atoms with E-state index in [4.69, 9.17) is 49.0 Å². The highest BCUT2D eigenvalue weighted by molar-refractivity contribution is 6.35. The molecule has 0 aromatic heterocycles. The number of fused-ring (bicyclic) bond motifs is 1. The predicted molar refractivity (Wildman–Crippen MR) is 132 cm³/mol. The normalized spacial score (nSPS) is 12.6. The first kappa shape index (κ1) is 24.0. The van der Waals surface area contributed by atoms with Gasteiger partial charge in [-0.05, 0) is 60.7 Å². The van der Waals surface area contributed by atoms with Gasteiger partial charge in [0.15, 0.2) is 13.2 Å². The molecule has 1 aliphatic heterocycles. The van der Waals surface area contributed by atoms with Gasteiger partial charge in [-0.1, -0.05) is 34.8 Å². The van der Waals surface area contributed by atoms with E-state index in [0.29, 0.717) is 50.2 Å². The lowest BCUT2D eigenvalue weighted by molar-refractivity contribution is -0.121. The second kappa shape index (κ2) is 10.9. The van der Waals surface area contributed by atoms with Crippen LogP contribution in [0.3, 0.4) is 0 Å². The Hall–Kier alpha value is -3.13. The van der Waals surface area contributed by atoms with Crippen LogP contribution in [0.1, 0.15) is 0 Å². The third-order valence-corrected chi connectivity index (χ3v) is 5.62. The zero-order chi connectivity index (χ0) is 24.1. The smallest absolute Gasteiger partial charge is 0.265 e. The summed E-state index contributed by atoms with van der Waals surface area (Å²) >= 11 is 17.8. The Balaban J connectivity index is 1.38. The largest absolute Gasteiger partial charge is 0.492 e. The average molecular weight is 522 g/mol. The summed E-state index contributed by atoms with van der Waals surface area (Å²) in [4.78, 5) is 26.4. The number of rotatable bonds is 8. The van der Waals surface area contributed by atoms with Crippen molar-refractivity contribution in [2.24, 2.45) is 0 Å². The Labute approximate surface area is 211 Å². The third-order valence-electron chi connectivity index (χ3n) is 4.84. The van der Waals surface area contributed by atoms with Crippen molar-refractivity contribution in [2.75, 3.05) is 36.6 Å². The molecule has 0 bridgehead atoms. The Bertz CT molecular complexity index is 1200. The number of nitrogens with zero attached hydrogens (tertiary/aromatic N) is 1. The van der Waals surface area contributed by atoms with Crippen LogP contribution in [0.25, 0.3) is 0 Å². The van der Waals surface area contributed by atoms with Crippen LogP contribution in [0.2, 0.25) is 15.1 Å². The number of carbonyl (C=O) groups excluding carboxylic acids is 2. The Morgan fingerprint density at radius 3 is 2.50 bits per heavy atom. The summed E-state index contributed by atoms with van der Waals surface area (Å²) in [7, 11) is 0. The topological polar surface area (TPSA) is 77.1 Å². The number of anilines is 2. The minimum atomic E-state index is -0.397. The number of halogens is 3. The summed E-state index contributed by atoms with van der Waals surface area (Å²) in [6, 6.07) is 16.7. The van der Waals surface area contributed by atoms with Crippen molar-refractivity contribution >= 4 is 58.0 Å². The maximum absolute atomic E-state index is 12.5. The maximum atomic E-state index is 12.5. The molecule has 0 saturated heterocycles. The summed E-state index contributed by atoms with van der Waals surface area (Å²) < 4.78 is 16.7. The molecule has 0 unspecified atom stereocenters. The average Bonchev–Trinajstić information content (AvgIpc) is 2.81. The SMILES string of the molecule is O=C(COc1ccc(Cl)cc1Cl)Nc1ccc2c(c1)N(CCOc1ccc(Cl)cc1)C(=O)CO2.